The lowest BCUT2D eigenvalue weighted by atomic mass is 10.1. The predicted octanol–water partition coefficient (Wildman–Crippen LogP) is 2.86. The molecule has 0 aliphatic heterocycles. The number of hydrogen-bond donors (Lipinski definition) is 2. The lowest BCUT2D eigenvalue weighted by Gasteiger charge is -2.14. The smallest absolute Gasteiger partial charge is 0.262 e. The Bertz CT molecular complexity index is 782. The molecule has 0 atom stereocenters. The summed E-state index contributed by atoms with van der Waals surface area (Å²) in [6.07, 6.45) is 0. The normalized spacial score (nSPS) is 10.3. The van der Waals surface area contributed by atoms with Crippen LogP contribution in [-0.4, -0.2) is 38.7 Å². The molecular weight excluding hydrogens is 348 g/mol. The van der Waals surface area contributed by atoms with E-state index in [0.717, 1.165) is 0 Å². The molecule has 0 aromatic heterocycles. The number of para-hydroxylation sites is 1. The number of nitrogens with one attached hydrogen (secondary N) is 2. The van der Waals surface area contributed by atoms with Crippen LogP contribution in [0.4, 0.5) is 5.69 Å². The molecule has 0 unspecified atom stereocenters. The topological polar surface area (TPSA) is 85.9 Å². The Kier molecular flexibility index (Phi) is 7.05. The SMILES string of the molecule is COc1cc(OC)cc(OCC(=O)Nc2ccccc2C(=O)NC(C)C)c1. The van der Waals surface area contributed by atoms with Crippen LogP contribution in [0.5, 0.6) is 17.2 Å². The van der Waals surface area contributed by atoms with Crippen LogP contribution in [0.1, 0.15) is 24.2 Å². The van der Waals surface area contributed by atoms with E-state index < -0.39 is 0 Å². The second-order valence-corrected chi connectivity index (χ2v) is 6.06. The highest BCUT2D eigenvalue weighted by Crippen LogP contribution is 2.27. The summed E-state index contributed by atoms with van der Waals surface area (Å²) in [5.41, 5.74) is 0.815. The van der Waals surface area contributed by atoms with E-state index in [-0.39, 0.29) is 24.5 Å². The third-order valence-corrected chi connectivity index (χ3v) is 3.56. The summed E-state index contributed by atoms with van der Waals surface area (Å²) < 4.78 is 15.9. The molecule has 27 heavy (non-hydrogen) atoms. The van der Waals surface area contributed by atoms with Gasteiger partial charge >= 0.3 is 0 Å². The van der Waals surface area contributed by atoms with Crippen LogP contribution >= 0.6 is 0 Å². The first-order valence-corrected chi connectivity index (χ1v) is 8.48. The first-order valence-electron chi connectivity index (χ1n) is 8.48. The number of amides is 2. The Hall–Kier alpha value is -3.22. The van der Waals surface area contributed by atoms with E-state index in [0.29, 0.717) is 28.5 Å². The molecule has 0 aliphatic rings. The van der Waals surface area contributed by atoms with Crippen molar-refractivity contribution < 1.29 is 23.8 Å². The van der Waals surface area contributed by atoms with E-state index in [1.165, 1.54) is 14.2 Å². The second kappa shape index (κ2) is 9.47. The quantitative estimate of drug-likeness (QED) is 0.744. The molecule has 2 rings (SSSR count). The van der Waals surface area contributed by atoms with Gasteiger partial charge in [-0.15, -0.1) is 0 Å². The van der Waals surface area contributed by atoms with Gasteiger partial charge in [0, 0.05) is 24.2 Å². The first kappa shape index (κ1) is 20.1. The molecule has 0 heterocycles. The van der Waals surface area contributed by atoms with Gasteiger partial charge in [0.2, 0.25) is 0 Å². The van der Waals surface area contributed by atoms with Crippen LogP contribution in [0, 0.1) is 0 Å². The summed E-state index contributed by atoms with van der Waals surface area (Å²) in [7, 11) is 3.06. The van der Waals surface area contributed by atoms with E-state index in [4.69, 9.17) is 14.2 Å². The van der Waals surface area contributed by atoms with Crippen molar-refractivity contribution in [2.75, 3.05) is 26.1 Å². The van der Waals surface area contributed by atoms with Crippen LogP contribution in [0.15, 0.2) is 42.5 Å². The average Bonchev–Trinajstić information content (AvgIpc) is 2.65. The fourth-order valence-corrected chi connectivity index (χ4v) is 2.33. The molecule has 0 fully saturated rings. The van der Waals surface area contributed by atoms with Gasteiger partial charge in [-0.25, -0.2) is 0 Å². The molecule has 7 nitrogen and oxygen atoms in total. The van der Waals surface area contributed by atoms with Gasteiger partial charge in [-0.1, -0.05) is 12.1 Å². The number of methoxy groups -OCH3 is 2. The molecule has 2 aromatic carbocycles. The van der Waals surface area contributed by atoms with Crippen molar-refractivity contribution in [3.05, 3.63) is 48.0 Å². The fourth-order valence-electron chi connectivity index (χ4n) is 2.33. The maximum atomic E-state index is 12.3. The van der Waals surface area contributed by atoms with Crippen LogP contribution in [-0.2, 0) is 4.79 Å². The Balaban J connectivity index is 2.04. The number of hydrogen-bond acceptors (Lipinski definition) is 5. The second-order valence-electron chi connectivity index (χ2n) is 6.06. The number of anilines is 1. The first-order chi connectivity index (χ1) is 12.9. The van der Waals surface area contributed by atoms with Gasteiger partial charge in [-0.05, 0) is 26.0 Å². The summed E-state index contributed by atoms with van der Waals surface area (Å²) in [6, 6.07) is 11.8. The van der Waals surface area contributed by atoms with Crippen molar-refractivity contribution in [1.29, 1.82) is 0 Å². The minimum absolute atomic E-state index is 0.00682. The largest absolute Gasteiger partial charge is 0.496 e. The van der Waals surface area contributed by atoms with Crippen molar-refractivity contribution in [2.24, 2.45) is 0 Å². The van der Waals surface area contributed by atoms with Gasteiger partial charge in [0.05, 0.1) is 25.5 Å². The average molecular weight is 372 g/mol. The van der Waals surface area contributed by atoms with Crippen LogP contribution in [0.3, 0.4) is 0 Å². The lowest BCUT2D eigenvalue weighted by molar-refractivity contribution is -0.118. The predicted molar refractivity (Wildman–Crippen MR) is 103 cm³/mol. The zero-order valence-electron chi connectivity index (χ0n) is 15.9. The molecule has 0 radical (unpaired) electrons. The zero-order valence-corrected chi connectivity index (χ0v) is 15.9. The van der Waals surface area contributed by atoms with E-state index >= 15 is 0 Å². The third kappa shape index (κ3) is 5.91. The molecule has 0 saturated heterocycles. The molecule has 2 N–H and O–H groups in total. The summed E-state index contributed by atoms with van der Waals surface area (Å²) in [6.45, 7) is 3.52. The van der Waals surface area contributed by atoms with Gasteiger partial charge in [-0.2, -0.15) is 0 Å². The molecule has 2 amide bonds. The molecule has 2 aromatic rings. The van der Waals surface area contributed by atoms with Crippen LogP contribution < -0.4 is 24.8 Å². The fraction of sp³-hybridized carbons (Fsp3) is 0.300. The molecule has 0 spiro atoms. The minimum atomic E-state index is -0.387. The van der Waals surface area contributed by atoms with Crippen molar-refractivity contribution in [3.8, 4) is 17.2 Å². The Morgan fingerprint density at radius 2 is 1.56 bits per heavy atom. The molecule has 0 aliphatic carbocycles. The Morgan fingerprint density at radius 3 is 2.15 bits per heavy atom. The van der Waals surface area contributed by atoms with E-state index in [9.17, 15) is 9.59 Å². The van der Waals surface area contributed by atoms with E-state index in [1.807, 2.05) is 13.8 Å². The van der Waals surface area contributed by atoms with Gasteiger partial charge in [0.15, 0.2) is 6.61 Å². The highest BCUT2D eigenvalue weighted by molar-refractivity contribution is 6.04. The lowest BCUT2D eigenvalue weighted by Crippen LogP contribution is -2.31. The van der Waals surface area contributed by atoms with Gasteiger partial charge in [0.1, 0.15) is 17.2 Å². The number of ether oxygens (including phenoxy) is 3. The Morgan fingerprint density at radius 1 is 0.963 bits per heavy atom. The number of carbonyl (C=O) groups excluding carboxylic acids is 2. The molecule has 144 valence electrons. The summed E-state index contributed by atoms with van der Waals surface area (Å²) in [5.74, 6) is 0.911. The zero-order chi connectivity index (χ0) is 19.8. The monoisotopic (exact) mass is 372 g/mol. The third-order valence-electron chi connectivity index (χ3n) is 3.56. The number of benzene rings is 2. The number of carbonyl (C=O) groups is 2. The molecule has 7 heteroatoms. The number of rotatable bonds is 8. The minimum Gasteiger partial charge on any atom is -0.496 e. The van der Waals surface area contributed by atoms with Crippen molar-refractivity contribution >= 4 is 17.5 Å². The molecule has 0 bridgehead atoms. The van der Waals surface area contributed by atoms with Crippen molar-refractivity contribution in [1.82, 2.24) is 5.32 Å². The molecule has 0 saturated carbocycles. The van der Waals surface area contributed by atoms with Crippen LogP contribution in [0.25, 0.3) is 0 Å². The summed E-state index contributed by atoms with van der Waals surface area (Å²) >= 11 is 0. The maximum absolute atomic E-state index is 12.3. The highest BCUT2D eigenvalue weighted by atomic mass is 16.5. The standard InChI is InChI=1S/C20H24N2O5/c1-13(2)21-20(24)17-7-5-6-8-18(17)22-19(23)12-27-16-10-14(25-3)9-15(11-16)26-4/h5-11,13H,12H2,1-4H3,(H,21,24)(H,22,23). The van der Waals surface area contributed by atoms with Gasteiger partial charge < -0.3 is 24.8 Å². The highest BCUT2D eigenvalue weighted by Gasteiger charge is 2.14. The van der Waals surface area contributed by atoms with E-state index in [2.05, 4.69) is 10.6 Å². The summed E-state index contributed by atoms with van der Waals surface area (Å²) in [5, 5.41) is 5.51. The van der Waals surface area contributed by atoms with Crippen molar-refractivity contribution in [2.45, 2.75) is 19.9 Å². The van der Waals surface area contributed by atoms with Crippen LogP contribution in [0.2, 0.25) is 0 Å². The van der Waals surface area contributed by atoms with Gasteiger partial charge in [0.25, 0.3) is 11.8 Å². The summed E-state index contributed by atoms with van der Waals surface area (Å²) in [4.78, 5) is 24.5. The maximum Gasteiger partial charge on any atom is 0.262 e. The van der Waals surface area contributed by atoms with Gasteiger partial charge in [-0.3, -0.25) is 9.59 Å². The van der Waals surface area contributed by atoms with E-state index in [1.54, 1.807) is 42.5 Å². The van der Waals surface area contributed by atoms with Crippen molar-refractivity contribution in [3.63, 3.8) is 0 Å². The Labute approximate surface area is 158 Å². The molecular formula is C20H24N2O5.